The van der Waals surface area contributed by atoms with Gasteiger partial charge in [0.15, 0.2) is 0 Å². The van der Waals surface area contributed by atoms with E-state index in [0.29, 0.717) is 6.42 Å². The molecule has 1 aromatic heterocycles. The lowest BCUT2D eigenvalue weighted by Gasteiger charge is -2.35. The quantitative estimate of drug-likeness (QED) is 0.870. The minimum absolute atomic E-state index is 0.0541. The molecule has 1 aliphatic carbocycles. The SMILES string of the molecule is COc1ccc2c(c1)C1(CCNCC1)CC2CC(=O)Nc1ccc(C)nc1. The fourth-order valence-corrected chi connectivity index (χ4v) is 4.71. The van der Waals surface area contributed by atoms with Crippen LogP contribution in [0, 0.1) is 6.92 Å². The Kier molecular flexibility index (Phi) is 4.87. The molecule has 1 aromatic carbocycles. The van der Waals surface area contributed by atoms with Crippen molar-refractivity contribution in [2.45, 2.75) is 43.9 Å². The number of piperidine rings is 1. The number of aryl methyl sites for hydroxylation is 1. The zero-order valence-electron chi connectivity index (χ0n) is 16.0. The van der Waals surface area contributed by atoms with Crippen LogP contribution in [0.3, 0.4) is 0 Å². The number of nitrogens with zero attached hydrogens (tertiary/aromatic N) is 1. The van der Waals surface area contributed by atoms with Gasteiger partial charge in [-0.25, -0.2) is 0 Å². The lowest BCUT2D eigenvalue weighted by atomic mass is 9.73. The molecule has 1 saturated heterocycles. The highest BCUT2D eigenvalue weighted by Gasteiger charge is 2.44. The number of ether oxygens (including phenoxy) is 1. The number of methoxy groups -OCH3 is 1. The number of carbonyl (C=O) groups is 1. The lowest BCUT2D eigenvalue weighted by molar-refractivity contribution is -0.116. The van der Waals surface area contributed by atoms with Crippen LogP contribution in [0.5, 0.6) is 5.75 Å². The number of carbonyl (C=O) groups excluding carboxylic acids is 1. The van der Waals surface area contributed by atoms with Gasteiger partial charge in [0.2, 0.25) is 5.91 Å². The first-order chi connectivity index (χ1) is 13.1. The summed E-state index contributed by atoms with van der Waals surface area (Å²) in [6.45, 7) is 4.00. The summed E-state index contributed by atoms with van der Waals surface area (Å²) in [6, 6.07) is 10.2. The van der Waals surface area contributed by atoms with Crippen LogP contribution in [0.4, 0.5) is 5.69 Å². The summed E-state index contributed by atoms with van der Waals surface area (Å²) >= 11 is 0. The molecule has 1 spiro atoms. The maximum atomic E-state index is 12.7. The van der Waals surface area contributed by atoms with Crippen LogP contribution in [0.25, 0.3) is 0 Å². The number of rotatable bonds is 4. The number of benzene rings is 1. The van der Waals surface area contributed by atoms with Crippen LogP contribution < -0.4 is 15.4 Å². The highest BCUT2D eigenvalue weighted by Crippen LogP contribution is 2.52. The average Bonchev–Trinajstić information content (AvgIpc) is 2.96. The molecule has 0 radical (unpaired) electrons. The molecule has 5 heteroatoms. The lowest BCUT2D eigenvalue weighted by Crippen LogP contribution is -2.38. The van der Waals surface area contributed by atoms with Gasteiger partial charge in [-0.05, 0) is 86.0 Å². The summed E-state index contributed by atoms with van der Waals surface area (Å²) in [6.07, 6.45) is 5.49. The highest BCUT2D eigenvalue weighted by molar-refractivity contribution is 5.91. The molecule has 0 saturated carbocycles. The maximum Gasteiger partial charge on any atom is 0.225 e. The van der Waals surface area contributed by atoms with Gasteiger partial charge >= 0.3 is 0 Å². The minimum atomic E-state index is 0.0541. The first-order valence-electron chi connectivity index (χ1n) is 9.71. The number of amides is 1. The molecule has 2 aromatic rings. The number of fused-ring (bicyclic) bond motifs is 2. The summed E-state index contributed by atoms with van der Waals surface area (Å²) in [5.41, 5.74) is 4.58. The molecule has 27 heavy (non-hydrogen) atoms. The van der Waals surface area contributed by atoms with Gasteiger partial charge in [0.05, 0.1) is 19.0 Å². The predicted molar refractivity (Wildman–Crippen MR) is 106 cm³/mol. The van der Waals surface area contributed by atoms with E-state index in [1.54, 1.807) is 13.3 Å². The zero-order valence-corrected chi connectivity index (χ0v) is 16.0. The number of aromatic nitrogens is 1. The van der Waals surface area contributed by atoms with Gasteiger partial charge in [-0.1, -0.05) is 6.07 Å². The third-order valence-corrected chi connectivity index (χ3v) is 6.10. The van der Waals surface area contributed by atoms with Crippen LogP contribution in [-0.4, -0.2) is 31.1 Å². The second-order valence-corrected chi connectivity index (χ2v) is 7.83. The third kappa shape index (κ3) is 3.56. The van der Waals surface area contributed by atoms with E-state index in [0.717, 1.165) is 49.5 Å². The van der Waals surface area contributed by atoms with Gasteiger partial charge in [0, 0.05) is 12.1 Å². The number of pyridine rings is 1. The van der Waals surface area contributed by atoms with Crippen molar-refractivity contribution in [3.8, 4) is 5.75 Å². The van der Waals surface area contributed by atoms with Crippen LogP contribution in [0.1, 0.15) is 48.4 Å². The number of hydrogen-bond donors (Lipinski definition) is 2. The molecule has 5 nitrogen and oxygen atoms in total. The van der Waals surface area contributed by atoms with Crippen molar-refractivity contribution < 1.29 is 9.53 Å². The Bertz CT molecular complexity index is 826. The van der Waals surface area contributed by atoms with E-state index in [1.165, 1.54) is 11.1 Å². The molecule has 2 N–H and O–H groups in total. The first-order valence-corrected chi connectivity index (χ1v) is 9.71. The van der Waals surface area contributed by atoms with Gasteiger partial charge in [0.25, 0.3) is 0 Å². The Balaban J connectivity index is 1.55. The maximum absolute atomic E-state index is 12.7. The van der Waals surface area contributed by atoms with Gasteiger partial charge in [-0.2, -0.15) is 0 Å². The summed E-state index contributed by atoms with van der Waals surface area (Å²) < 4.78 is 5.48. The molecular formula is C22H27N3O2. The van der Waals surface area contributed by atoms with E-state index >= 15 is 0 Å². The molecule has 2 aliphatic rings. The number of nitrogens with one attached hydrogen (secondary N) is 2. The molecule has 1 unspecified atom stereocenters. The van der Waals surface area contributed by atoms with E-state index in [9.17, 15) is 4.79 Å². The third-order valence-electron chi connectivity index (χ3n) is 6.10. The Hall–Kier alpha value is -2.40. The van der Waals surface area contributed by atoms with Gasteiger partial charge < -0.3 is 15.4 Å². The van der Waals surface area contributed by atoms with Crippen molar-refractivity contribution in [3.63, 3.8) is 0 Å². The van der Waals surface area contributed by atoms with Crippen molar-refractivity contribution in [3.05, 3.63) is 53.3 Å². The first kappa shape index (κ1) is 18.0. The summed E-state index contributed by atoms with van der Waals surface area (Å²) in [5.74, 6) is 1.21. The Morgan fingerprint density at radius 3 is 2.81 bits per heavy atom. The van der Waals surface area contributed by atoms with Gasteiger partial charge in [0.1, 0.15) is 5.75 Å². The Labute approximate surface area is 160 Å². The molecule has 1 aliphatic heterocycles. The largest absolute Gasteiger partial charge is 0.497 e. The second kappa shape index (κ2) is 7.31. The monoisotopic (exact) mass is 365 g/mol. The fourth-order valence-electron chi connectivity index (χ4n) is 4.71. The van der Waals surface area contributed by atoms with Crippen molar-refractivity contribution in [2.75, 3.05) is 25.5 Å². The van der Waals surface area contributed by atoms with E-state index < -0.39 is 0 Å². The Morgan fingerprint density at radius 1 is 1.30 bits per heavy atom. The summed E-state index contributed by atoms with van der Waals surface area (Å²) in [4.78, 5) is 16.9. The van der Waals surface area contributed by atoms with Crippen LogP contribution >= 0.6 is 0 Å². The van der Waals surface area contributed by atoms with Gasteiger partial charge in [-0.3, -0.25) is 9.78 Å². The van der Waals surface area contributed by atoms with E-state index in [-0.39, 0.29) is 17.2 Å². The topological polar surface area (TPSA) is 63.2 Å². The predicted octanol–water partition coefficient (Wildman–Crippen LogP) is 3.54. The van der Waals surface area contributed by atoms with Crippen LogP contribution in [0.2, 0.25) is 0 Å². The van der Waals surface area contributed by atoms with Crippen molar-refractivity contribution >= 4 is 11.6 Å². The van der Waals surface area contributed by atoms with E-state index in [2.05, 4.69) is 27.8 Å². The number of hydrogen-bond acceptors (Lipinski definition) is 4. The normalized spacial score (nSPS) is 20.3. The minimum Gasteiger partial charge on any atom is -0.497 e. The Morgan fingerprint density at radius 2 is 2.11 bits per heavy atom. The summed E-state index contributed by atoms with van der Waals surface area (Å²) in [7, 11) is 1.71. The molecule has 1 amide bonds. The van der Waals surface area contributed by atoms with Gasteiger partial charge in [-0.15, -0.1) is 0 Å². The highest BCUT2D eigenvalue weighted by atomic mass is 16.5. The summed E-state index contributed by atoms with van der Waals surface area (Å²) in [5, 5.41) is 6.47. The molecule has 0 bridgehead atoms. The van der Waals surface area contributed by atoms with Crippen molar-refractivity contribution in [2.24, 2.45) is 0 Å². The molecule has 4 rings (SSSR count). The fraction of sp³-hybridized carbons (Fsp3) is 0.455. The van der Waals surface area contributed by atoms with E-state index in [4.69, 9.17) is 4.74 Å². The standard InChI is InChI=1S/C22H27N3O2/c1-15-3-4-17(14-24-15)25-21(26)11-16-13-22(7-9-23-10-8-22)20-12-18(27-2)5-6-19(16)20/h3-6,12,14,16,23H,7-11,13H2,1-2H3,(H,25,26). The number of anilines is 1. The second-order valence-electron chi connectivity index (χ2n) is 7.83. The van der Waals surface area contributed by atoms with E-state index in [1.807, 2.05) is 25.1 Å². The van der Waals surface area contributed by atoms with Crippen molar-refractivity contribution in [1.82, 2.24) is 10.3 Å². The smallest absolute Gasteiger partial charge is 0.225 e. The molecule has 2 heterocycles. The molecule has 1 fully saturated rings. The van der Waals surface area contributed by atoms with Crippen molar-refractivity contribution in [1.29, 1.82) is 0 Å². The molecule has 142 valence electrons. The average molecular weight is 365 g/mol. The molecule has 1 atom stereocenters. The molecular weight excluding hydrogens is 338 g/mol. The van der Waals surface area contributed by atoms with Crippen LogP contribution in [-0.2, 0) is 10.2 Å². The zero-order chi connectivity index (χ0) is 18.9. The van der Waals surface area contributed by atoms with Crippen LogP contribution in [0.15, 0.2) is 36.5 Å².